The van der Waals surface area contributed by atoms with Gasteiger partial charge in [0, 0.05) is 7.11 Å². The maximum absolute atomic E-state index is 10.7. The van der Waals surface area contributed by atoms with E-state index in [-0.39, 0.29) is 5.91 Å². The van der Waals surface area contributed by atoms with Gasteiger partial charge in [0.05, 0.1) is 0 Å². The van der Waals surface area contributed by atoms with Crippen LogP contribution in [0.2, 0.25) is 0 Å². The third-order valence-electron chi connectivity index (χ3n) is 1.15. The normalized spacial score (nSPS) is 12.2. The van der Waals surface area contributed by atoms with Gasteiger partial charge in [-0.05, 0) is 6.42 Å². The van der Waals surface area contributed by atoms with Crippen molar-refractivity contribution in [2.45, 2.75) is 19.4 Å². The highest BCUT2D eigenvalue weighted by Gasteiger charge is 2.13. The van der Waals surface area contributed by atoms with Crippen LogP contribution in [0.25, 0.3) is 0 Å². The number of carbonyl (C=O) groups is 2. The van der Waals surface area contributed by atoms with Gasteiger partial charge in [0.2, 0.25) is 6.41 Å². The highest BCUT2D eigenvalue weighted by molar-refractivity contribution is 5.89. The topological polar surface area (TPSA) is 55.4 Å². The zero-order valence-corrected chi connectivity index (χ0v) is 6.09. The number of ether oxygens (including phenoxy) is 1. The van der Waals surface area contributed by atoms with Gasteiger partial charge in [0.1, 0.15) is 6.10 Å². The summed E-state index contributed by atoms with van der Waals surface area (Å²) in [5.41, 5.74) is 0. The van der Waals surface area contributed by atoms with E-state index in [0.717, 1.165) is 0 Å². The minimum Gasteiger partial charge on any atom is -0.372 e. The summed E-state index contributed by atoms with van der Waals surface area (Å²) in [7, 11) is 1.43. The molecule has 0 aliphatic rings. The van der Waals surface area contributed by atoms with Gasteiger partial charge in [0.15, 0.2) is 0 Å². The first-order valence-electron chi connectivity index (χ1n) is 3.03. The lowest BCUT2D eigenvalue weighted by atomic mass is 10.2. The van der Waals surface area contributed by atoms with E-state index in [1.54, 1.807) is 6.92 Å². The summed E-state index contributed by atoms with van der Waals surface area (Å²) in [5, 5.41) is 2.00. The molecule has 1 N–H and O–H groups in total. The standard InChI is InChI=1S/C6H11NO3/c1-3-5(10-2)6(9)7-4-8/h4-5H,3H2,1-2H3,(H,7,8,9). The molecule has 0 heterocycles. The molecule has 0 radical (unpaired) electrons. The molecule has 0 fully saturated rings. The second-order valence-corrected chi connectivity index (χ2v) is 1.76. The minimum absolute atomic E-state index is 0.351. The van der Waals surface area contributed by atoms with Crippen molar-refractivity contribution in [3.63, 3.8) is 0 Å². The number of hydrogen-bond donors (Lipinski definition) is 1. The van der Waals surface area contributed by atoms with Gasteiger partial charge in [-0.15, -0.1) is 0 Å². The van der Waals surface area contributed by atoms with Gasteiger partial charge >= 0.3 is 0 Å². The van der Waals surface area contributed by atoms with Crippen molar-refractivity contribution in [1.82, 2.24) is 5.32 Å². The average molecular weight is 145 g/mol. The Hall–Kier alpha value is -0.900. The molecule has 10 heavy (non-hydrogen) atoms. The van der Waals surface area contributed by atoms with Crippen LogP contribution in [0, 0.1) is 0 Å². The van der Waals surface area contributed by atoms with Gasteiger partial charge in [0.25, 0.3) is 5.91 Å². The molecule has 0 bridgehead atoms. The van der Waals surface area contributed by atoms with Crippen molar-refractivity contribution in [2.24, 2.45) is 0 Å². The van der Waals surface area contributed by atoms with Gasteiger partial charge in [-0.25, -0.2) is 0 Å². The first-order chi connectivity index (χ1) is 4.76. The van der Waals surface area contributed by atoms with E-state index >= 15 is 0 Å². The van der Waals surface area contributed by atoms with Crippen molar-refractivity contribution in [2.75, 3.05) is 7.11 Å². The maximum Gasteiger partial charge on any atom is 0.255 e. The number of carbonyl (C=O) groups excluding carboxylic acids is 2. The fraction of sp³-hybridized carbons (Fsp3) is 0.667. The summed E-state index contributed by atoms with van der Waals surface area (Å²) in [4.78, 5) is 20.5. The zero-order valence-electron chi connectivity index (χ0n) is 6.09. The molecule has 58 valence electrons. The third-order valence-corrected chi connectivity index (χ3v) is 1.15. The van der Waals surface area contributed by atoms with Crippen LogP contribution in [0.5, 0.6) is 0 Å². The smallest absolute Gasteiger partial charge is 0.255 e. The van der Waals surface area contributed by atoms with Crippen LogP contribution in [0.1, 0.15) is 13.3 Å². The Kier molecular flexibility index (Phi) is 4.49. The van der Waals surface area contributed by atoms with Crippen LogP contribution in [0.4, 0.5) is 0 Å². The van der Waals surface area contributed by atoms with Crippen molar-refractivity contribution in [3.05, 3.63) is 0 Å². The molecule has 1 unspecified atom stereocenters. The molecule has 0 saturated heterocycles. The quantitative estimate of drug-likeness (QED) is 0.552. The Balaban J connectivity index is 3.76. The molecule has 0 aromatic heterocycles. The molecule has 0 saturated carbocycles. The highest BCUT2D eigenvalue weighted by atomic mass is 16.5. The van der Waals surface area contributed by atoms with Crippen molar-refractivity contribution in [1.29, 1.82) is 0 Å². The van der Waals surface area contributed by atoms with Crippen molar-refractivity contribution < 1.29 is 14.3 Å². The molecule has 4 nitrogen and oxygen atoms in total. The lowest BCUT2D eigenvalue weighted by Gasteiger charge is -2.08. The van der Waals surface area contributed by atoms with E-state index < -0.39 is 6.10 Å². The molecule has 1 atom stereocenters. The van der Waals surface area contributed by atoms with Crippen molar-refractivity contribution in [3.8, 4) is 0 Å². The van der Waals surface area contributed by atoms with Gasteiger partial charge in [-0.1, -0.05) is 6.92 Å². The molecule has 0 spiro atoms. The van der Waals surface area contributed by atoms with Crippen LogP contribution in [0.3, 0.4) is 0 Å². The van der Waals surface area contributed by atoms with Gasteiger partial charge in [-0.2, -0.15) is 0 Å². The summed E-state index contributed by atoms with van der Waals surface area (Å²) >= 11 is 0. The van der Waals surface area contributed by atoms with Crippen LogP contribution in [0.15, 0.2) is 0 Å². The van der Waals surface area contributed by atoms with Gasteiger partial charge in [-0.3, -0.25) is 14.9 Å². The SMILES string of the molecule is CCC(OC)C(=O)NC=O. The van der Waals surface area contributed by atoms with Crippen LogP contribution in [-0.2, 0) is 14.3 Å². The number of imide groups is 1. The maximum atomic E-state index is 10.7. The molecular formula is C6H11NO3. The number of rotatable bonds is 4. The lowest BCUT2D eigenvalue weighted by Crippen LogP contribution is -2.34. The third kappa shape index (κ3) is 2.59. The monoisotopic (exact) mass is 145 g/mol. The lowest BCUT2D eigenvalue weighted by molar-refractivity contribution is -0.133. The molecule has 0 aliphatic heterocycles. The fourth-order valence-electron chi connectivity index (χ4n) is 0.610. The van der Waals surface area contributed by atoms with Gasteiger partial charge < -0.3 is 4.74 Å². The van der Waals surface area contributed by atoms with Crippen molar-refractivity contribution >= 4 is 12.3 Å². The first kappa shape index (κ1) is 9.10. The molecule has 4 heteroatoms. The molecule has 0 aromatic rings. The molecule has 0 aromatic carbocycles. The van der Waals surface area contributed by atoms with Crippen LogP contribution in [-0.4, -0.2) is 25.5 Å². The Morgan fingerprint density at radius 1 is 1.80 bits per heavy atom. The Labute approximate surface area is 59.6 Å². The Morgan fingerprint density at radius 3 is 2.70 bits per heavy atom. The second-order valence-electron chi connectivity index (χ2n) is 1.76. The summed E-state index contributed by atoms with van der Waals surface area (Å²) in [6.45, 7) is 1.80. The molecule has 0 aliphatic carbocycles. The predicted octanol–water partition coefficient (Wildman–Crippen LogP) is -0.316. The average Bonchev–Trinajstić information content (AvgIpc) is 1.91. The van der Waals surface area contributed by atoms with E-state index in [1.807, 2.05) is 5.32 Å². The van der Waals surface area contributed by atoms with E-state index in [4.69, 9.17) is 4.74 Å². The number of methoxy groups -OCH3 is 1. The molecule has 2 amide bonds. The highest BCUT2D eigenvalue weighted by Crippen LogP contribution is 1.93. The van der Waals surface area contributed by atoms with E-state index in [0.29, 0.717) is 12.8 Å². The van der Waals surface area contributed by atoms with E-state index in [9.17, 15) is 9.59 Å². The molecular weight excluding hydrogens is 134 g/mol. The second kappa shape index (κ2) is 4.93. The Morgan fingerprint density at radius 2 is 2.40 bits per heavy atom. The van der Waals surface area contributed by atoms with Crippen LogP contribution < -0.4 is 5.32 Å². The summed E-state index contributed by atoms with van der Waals surface area (Å²) in [6.07, 6.45) is 0.408. The summed E-state index contributed by atoms with van der Waals surface area (Å²) < 4.78 is 4.74. The van der Waals surface area contributed by atoms with E-state index in [2.05, 4.69) is 0 Å². The molecule has 0 rings (SSSR count). The largest absolute Gasteiger partial charge is 0.372 e. The zero-order chi connectivity index (χ0) is 7.98. The Bertz CT molecular complexity index is 120. The van der Waals surface area contributed by atoms with E-state index in [1.165, 1.54) is 7.11 Å². The number of hydrogen-bond acceptors (Lipinski definition) is 3. The first-order valence-corrected chi connectivity index (χ1v) is 3.03. The summed E-state index contributed by atoms with van der Waals surface area (Å²) in [5.74, 6) is -0.389. The fourth-order valence-corrected chi connectivity index (χ4v) is 0.610. The minimum atomic E-state index is -0.509. The predicted molar refractivity (Wildman–Crippen MR) is 35.3 cm³/mol. The number of nitrogens with one attached hydrogen (secondary N) is 1. The number of amides is 2. The van der Waals surface area contributed by atoms with Crippen LogP contribution >= 0.6 is 0 Å². The summed E-state index contributed by atoms with van der Waals surface area (Å²) in [6, 6.07) is 0.